The molecule has 1 saturated heterocycles. The van der Waals surface area contributed by atoms with Crippen molar-refractivity contribution < 1.29 is 19.5 Å². The second-order valence-corrected chi connectivity index (χ2v) is 11.2. The van der Waals surface area contributed by atoms with Crippen LogP contribution >= 0.6 is 11.3 Å². The number of aliphatic carboxylic acids is 1. The maximum absolute atomic E-state index is 12.9. The van der Waals surface area contributed by atoms with Gasteiger partial charge in [0, 0.05) is 38.3 Å². The zero-order valence-electron chi connectivity index (χ0n) is 20.5. The molecule has 2 unspecified atom stereocenters. The van der Waals surface area contributed by atoms with E-state index in [-0.39, 0.29) is 30.1 Å². The van der Waals surface area contributed by atoms with Gasteiger partial charge in [0.25, 0.3) is 0 Å². The van der Waals surface area contributed by atoms with E-state index in [1.807, 2.05) is 48.2 Å². The molecule has 8 nitrogen and oxygen atoms in total. The predicted molar refractivity (Wildman–Crippen MR) is 139 cm³/mol. The van der Waals surface area contributed by atoms with Crippen LogP contribution in [0.1, 0.15) is 39.0 Å². The maximum Gasteiger partial charge on any atom is 0.310 e. The number of amides is 2. The number of carbonyl (C=O) groups excluding carboxylic acids is 2. The SMILES string of the molecule is CC1C=C(N2CCN(C(=O)CC3(C(=O)O)CCCC3)CC2)C=CC1C(=O)Nc1nc2ccccc2s1. The van der Waals surface area contributed by atoms with Crippen molar-refractivity contribution in [3.63, 3.8) is 0 Å². The highest BCUT2D eigenvalue weighted by molar-refractivity contribution is 7.22. The van der Waals surface area contributed by atoms with Crippen LogP contribution in [-0.4, -0.2) is 63.9 Å². The fraction of sp³-hybridized carbons (Fsp3) is 0.481. The van der Waals surface area contributed by atoms with Crippen LogP contribution in [0.5, 0.6) is 0 Å². The van der Waals surface area contributed by atoms with E-state index in [1.165, 1.54) is 11.3 Å². The first-order chi connectivity index (χ1) is 17.3. The van der Waals surface area contributed by atoms with Crippen molar-refractivity contribution >= 4 is 44.5 Å². The molecule has 9 heteroatoms. The largest absolute Gasteiger partial charge is 0.481 e. The van der Waals surface area contributed by atoms with Crippen LogP contribution in [0.2, 0.25) is 0 Å². The highest BCUT2D eigenvalue weighted by atomic mass is 32.1. The number of rotatable bonds is 6. The number of fused-ring (bicyclic) bond motifs is 1. The van der Waals surface area contributed by atoms with Crippen LogP contribution in [0.3, 0.4) is 0 Å². The Morgan fingerprint density at radius 2 is 1.86 bits per heavy atom. The minimum Gasteiger partial charge on any atom is -0.481 e. The maximum atomic E-state index is 12.9. The minimum absolute atomic E-state index is 0.0248. The Kier molecular flexibility index (Phi) is 6.83. The summed E-state index contributed by atoms with van der Waals surface area (Å²) in [4.78, 5) is 46.2. The van der Waals surface area contributed by atoms with Gasteiger partial charge < -0.3 is 20.2 Å². The van der Waals surface area contributed by atoms with E-state index in [0.29, 0.717) is 44.2 Å². The van der Waals surface area contributed by atoms with Crippen molar-refractivity contribution in [2.45, 2.75) is 39.0 Å². The molecule has 1 aliphatic heterocycles. The van der Waals surface area contributed by atoms with Crippen LogP contribution in [0.25, 0.3) is 10.2 Å². The molecule has 0 bridgehead atoms. The summed E-state index contributed by atoms with van der Waals surface area (Å²) in [6, 6.07) is 7.82. The van der Waals surface area contributed by atoms with E-state index in [4.69, 9.17) is 0 Å². The van der Waals surface area contributed by atoms with E-state index in [1.54, 1.807) is 0 Å². The molecule has 5 rings (SSSR count). The monoisotopic (exact) mass is 508 g/mol. The lowest BCUT2D eigenvalue weighted by atomic mass is 9.82. The van der Waals surface area contributed by atoms with Gasteiger partial charge in [-0.15, -0.1) is 0 Å². The van der Waals surface area contributed by atoms with E-state index >= 15 is 0 Å². The molecule has 1 aromatic carbocycles. The summed E-state index contributed by atoms with van der Waals surface area (Å²) in [5, 5.41) is 13.3. The van der Waals surface area contributed by atoms with Gasteiger partial charge in [-0.1, -0.05) is 55.4 Å². The summed E-state index contributed by atoms with van der Waals surface area (Å²) in [6.45, 7) is 4.58. The highest BCUT2D eigenvalue weighted by Gasteiger charge is 2.44. The summed E-state index contributed by atoms with van der Waals surface area (Å²) in [5.41, 5.74) is 1.07. The molecule has 2 fully saturated rings. The van der Waals surface area contributed by atoms with E-state index < -0.39 is 11.4 Å². The smallest absolute Gasteiger partial charge is 0.310 e. The highest BCUT2D eigenvalue weighted by Crippen LogP contribution is 2.42. The molecule has 0 radical (unpaired) electrons. The lowest BCUT2D eigenvalue weighted by Crippen LogP contribution is -2.49. The molecule has 1 aromatic heterocycles. The number of nitrogens with zero attached hydrogens (tertiary/aromatic N) is 3. The number of carboxylic acids is 1. The Morgan fingerprint density at radius 1 is 1.14 bits per heavy atom. The third kappa shape index (κ3) is 4.89. The lowest BCUT2D eigenvalue weighted by molar-refractivity contribution is -0.153. The van der Waals surface area contributed by atoms with Crippen LogP contribution < -0.4 is 5.32 Å². The minimum atomic E-state index is -0.876. The third-order valence-electron chi connectivity index (χ3n) is 7.80. The second kappa shape index (κ2) is 10.0. The molecule has 2 aromatic rings. The Bertz CT molecular complexity index is 1190. The second-order valence-electron chi connectivity index (χ2n) is 10.1. The van der Waals surface area contributed by atoms with Gasteiger partial charge in [-0.3, -0.25) is 14.4 Å². The van der Waals surface area contributed by atoms with E-state index in [9.17, 15) is 19.5 Å². The summed E-state index contributed by atoms with van der Waals surface area (Å²) >= 11 is 1.47. The number of benzene rings is 1. The third-order valence-corrected chi connectivity index (χ3v) is 8.75. The first-order valence-corrected chi connectivity index (χ1v) is 13.5. The van der Waals surface area contributed by atoms with Crippen LogP contribution in [0.15, 0.2) is 48.2 Å². The number of hydrogen-bond donors (Lipinski definition) is 2. The normalized spacial score (nSPS) is 23.5. The zero-order chi connectivity index (χ0) is 25.3. The van der Waals surface area contributed by atoms with E-state index in [0.717, 1.165) is 28.8 Å². The lowest BCUT2D eigenvalue weighted by Gasteiger charge is -2.39. The molecule has 2 heterocycles. The standard InChI is InChI=1S/C27H32N4O4S/c1-18-16-19(8-9-20(18)24(33)29-26-28-21-6-2-3-7-22(21)36-26)30-12-14-31(15-13-30)23(32)17-27(25(34)35)10-4-5-11-27/h2-3,6-9,16,18,20H,4-5,10-15,17H2,1H3,(H,34,35)(H,28,29,33). The van der Waals surface area contributed by atoms with Gasteiger partial charge in [0.2, 0.25) is 11.8 Å². The molecular weight excluding hydrogens is 476 g/mol. The number of para-hydroxylation sites is 1. The Labute approximate surface area is 214 Å². The molecule has 2 aliphatic carbocycles. The number of nitrogens with one attached hydrogen (secondary N) is 1. The molecule has 2 N–H and O–H groups in total. The molecule has 190 valence electrons. The number of allylic oxidation sites excluding steroid dienone is 2. The van der Waals surface area contributed by atoms with Crippen molar-refractivity contribution in [2.75, 3.05) is 31.5 Å². The summed E-state index contributed by atoms with van der Waals surface area (Å²) in [6.07, 6.45) is 9.13. The summed E-state index contributed by atoms with van der Waals surface area (Å²) in [7, 11) is 0. The predicted octanol–water partition coefficient (Wildman–Crippen LogP) is 4.12. The van der Waals surface area contributed by atoms with Crippen LogP contribution in [0, 0.1) is 17.3 Å². The Morgan fingerprint density at radius 3 is 2.53 bits per heavy atom. The number of hydrogen-bond acceptors (Lipinski definition) is 6. The van der Waals surface area contributed by atoms with Gasteiger partial charge in [0.05, 0.1) is 21.5 Å². The van der Waals surface area contributed by atoms with Crippen LogP contribution in [-0.2, 0) is 14.4 Å². The van der Waals surface area contributed by atoms with Gasteiger partial charge in [-0.05, 0) is 37.0 Å². The Hall–Kier alpha value is -3.20. The van der Waals surface area contributed by atoms with Gasteiger partial charge in [-0.2, -0.15) is 0 Å². The molecule has 1 saturated carbocycles. The number of anilines is 1. The zero-order valence-corrected chi connectivity index (χ0v) is 21.3. The number of aromatic nitrogens is 1. The fourth-order valence-corrected chi connectivity index (χ4v) is 6.46. The molecule has 3 aliphatic rings. The summed E-state index contributed by atoms with van der Waals surface area (Å²) < 4.78 is 1.04. The number of carbonyl (C=O) groups is 3. The molecule has 2 amide bonds. The van der Waals surface area contributed by atoms with Gasteiger partial charge in [0.1, 0.15) is 0 Å². The number of piperazine rings is 1. The van der Waals surface area contributed by atoms with Crippen molar-refractivity contribution in [1.82, 2.24) is 14.8 Å². The van der Waals surface area contributed by atoms with Gasteiger partial charge in [-0.25, -0.2) is 4.98 Å². The average Bonchev–Trinajstić information content (AvgIpc) is 3.51. The van der Waals surface area contributed by atoms with Crippen LogP contribution in [0.4, 0.5) is 5.13 Å². The van der Waals surface area contributed by atoms with Crippen molar-refractivity contribution in [1.29, 1.82) is 0 Å². The first kappa shape index (κ1) is 24.5. The quantitative estimate of drug-likeness (QED) is 0.609. The average molecular weight is 509 g/mol. The van der Waals surface area contributed by atoms with Gasteiger partial charge >= 0.3 is 5.97 Å². The fourth-order valence-electron chi connectivity index (χ4n) is 5.59. The van der Waals surface area contributed by atoms with E-state index in [2.05, 4.69) is 21.3 Å². The number of carboxylic acid groups (broad SMARTS) is 1. The van der Waals surface area contributed by atoms with Gasteiger partial charge in [0.15, 0.2) is 5.13 Å². The Balaban J connectivity index is 1.15. The molecule has 2 atom stereocenters. The van der Waals surface area contributed by atoms with Crippen molar-refractivity contribution in [3.05, 3.63) is 48.2 Å². The number of thiazole rings is 1. The molecular formula is C27H32N4O4S. The summed E-state index contributed by atoms with van der Waals surface area (Å²) in [5.74, 6) is -1.20. The van der Waals surface area contributed by atoms with Crippen molar-refractivity contribution in [3.8, 4) is 0 Å². The van der Waals surface area contributed by atoms with Crippen molar-refractivity contribution in [2.24, 2.45) is 17.3 Å². The molecule has 36 heavy (non-hydrogen) atoms. The molecule has 0 spiro atoms. The first-order valence-electron chi connectivity index (χ1n) is 12.7. The topological polar surface area (TPSA) is 103 Å².